The summed E-state index contributed by atoms with van der Waals surface area (Å²) in [6, 6.07) is 7.87. The Morgan fingerprint density at radius 3 is 2.95 bits per heavy atom. The van der Waals surface area contributed by atoms with Crippen LogP contribution in [0.5, 0.6) is 5.75 Å². The van der Waals surface area contributed by atoms with Crippen molar-refractivity contribution in [1.82, 2.24) is 4.98 Å². The van der Waals surface area contributed by atoms with Gasteiger partial charge in [-0.15, -0.1) is 0 Å². The SMILES string of the molecule is O=C(O)/C=C/c1cc(F)cc(OCCc2cccnc2)c1. The van der Waals surface area contributed by atoms with E-state index in [0.717, 1.165) is 11.6 Å². The van der Waals surface area contributed by atoms with Gasteiger partial charge in [-0.3, -0.25) is 4.98 Å². The first-order valence-corrected chi connectivity index (χ1v) is 6.37. The number of pyridine rings is 1. The highest BCUT2D eigenvalue weighted by Gasteiger charge is 2.01. The molecule has 0 aliphatic heterocycles. The van der Waals surface area contributed by atoms with Gasteiger partial charge in [0.05, 0.1) is 6.61 Å². The third-order valence-corrected chi connectivity index (χ3v) is 2.69. The minimum absolute atomic E-state index is 0.365. The molecule has 21 heavy (non-hydrogen) atoms. The molecule has 1 aromatic heterocycles. The van der Waals surface area contributed by atoms with Gasteiger partial charge in [-0.1, -0.05) is 6.07 Å². The zero-order chi connectivity index (χ0) is 15.1. The third kappa shape index (κ3) is 5.06. The number of carboxylic acid groups (broad SMARTS) is 1. The van der Waals surface area contributed by atoms with Crippen molar-refractivity contribution in [2.24, 2.45) is 0 Å². The fraction of sp³-hybridized carbons (Fsp3) is 0.125. The van der Waals surface area contributed by atoms with Crippen molar-refractivity contribution >= 4 is 12.0 Å². The number of ether oxygens (including phenoxy) is 1. The molecule has 4 nitrogen and oxygen atoms in total. The van der Waals surface area contributed by atoms with E-state index >= 15 is 0 Å². The maximum absolute atomic E-state index is 13.4. The summed E-state index contributed by atoms with van der Waals surface area (Å²) in [7, 11) is 0. The van der Waals surface area contributed by atoms with Gasteiger partial charge in [-0.25, -0.2) is 9.18 Å². The molecule has 0 saturated carbocycles. The quantitative estimate of drug-likeness (QED) is 0.830. The molecule has 0 aliphatic rings. The van der Waals surface area contributed by atoms with Crippen LogP contribution in [-0.4, -0.2) is 22.7 Å². The predicted molar refractivity (Wildman–Crippen MR) is 76.5 cm³/mol. The minimum Gasteiger partial charge on any atom is -0.493 e. The van der Waals surface area contributed by atoms with Gasteiger partial charge in [-0.05, 0) is 35.4 Å². The maximum Gasteiger partial charge on any atom is 0.328 e. The normalized spacial score (nSPS) is 10.7. The Balaban J connectivity index is 1.98. The molecule has 0 spiro atoms. The smallest absolute Gasteiger partial charge is 0.328 e. The molecule has 0 amide bonds. The van der Waals surface area contributed by atoms with Crippen LogP contribution >= 0.6 is 0 Å². The Morgan fingerprint density at radius 1 is 1.38 bits per heavy atom. The van der Waals surface area contributed by atoms with Crippen LogP contribution in [0.1, 0.15) is 11.1 Å². The van der Waals surface area contributed by atoms with Gasteiger partial charge in [0.2, 0.25) is 0 Å². The Hall–Kier alpha value is -2.69. The number of aromatic nitrogens is 1. The monoisotopic (exact) mass is 287 g/mol. The topological polar surface area (TPSA) is 59.4 Å². The Kier molecular flexibility index (Phi) is 5.04. The molecule has 5 heteroatoms. The van der Waals surface area contributed by atoms with E-state index in [-0.39, 0.29) is 0 Å². The second kappa shape index (κ2) is 7.19. The largest absolute Gasteiger partial charge is 0.493 e. The zero-order valence-corrected chi connectivity index (χ0v) is 11.2. The van der Waals surface area contributed by atoms with Gasteiger partial charge in [-0.2, -0.15) is 0 Å². The van der Waals surface area contributed by atoms with Gasteiger partial charge in [0, 0.05) is 31.0 Å². The van der Waals surface area contributed by atoms with E-state index in [1.807, 2.05) is 12.1 Å². The predicted octanol–water partition coefficient (Wildman–Crippen LogP) is 2.94. The summed E-state index contributed by atoms with van der Waals surface area (Å²) in [5.74, 6) is -1.19. The summed E-state index contributed by atoms with van der Waals surface area (Å²) in [4.78, 5) is 14.5. The van der Waals surface area contributed by atoms with Gasteiger partial charge in [0.1, 0.15) is 11.6 Å². The minimum atomic E-state index is -1.08. The van der Waals surface area contributed by atoms with Gasteiger partial charge in [0.15, 0.2) is 0 Å². The lowest BCUT2D eigenvalue weighted by molar-refractivity contribution is -0.131. The molecule has 0 saturated heterocycles. The van der Waals surface area contributed by atoms with Crippen LogP contribution in [0, 0.1) is 5.82 Å². The van der Waals surface area contributed by atoms with E-state index in [9.17, 15) is 9.18 Å². The molecule has 2 aromatic rings. The van der Waals surface area contributed by atoms with Crippen molar-refractivity contribution in [3.63, 3.8) is 0 Å². The first kappa shape index (κ1) is 14.7. The van der Waals surface area contributed by atoms with Gasteiger partial charge >= 0.3 is 5.97 Å². The lowest BCUT2D eigenvalue weighted by Crippen LogP contribution is -2.02. The highest BCUT2D eigenvalue weighted by atomic mass is 19.1. The summed E-state index contributed by atoms with van der Waals surface area (Å²) in [6.07, 6.45) is 6.37. The fourth-order valence-corrected chi connectivity index (χ4v) is 1.76. The number of hydrogen-bond acceptors (Lipinski definition) is 3. The lowest BCUT2D eigenvalue weighted by atomic mass is 10.2. The number of carbonyl (C=O) groups is 1. The number of nitrogens with zero attached hydrogens (tertiary/aromatic N) is 1. The van der Waals surface area contributed by atoms with Crippen molar-refractivity contribution in [2.45, 2.75) is 6.42 Å². The molecule has 1 N–H and O–H groups in total. The average Bonchev–Trinajstić information content (AvgIpc) is 2.46. The van der Waals surface area contributed by atoms with Crippen molar-refractivity contribution in [1.29, 1.82) is 0 Å². The van der Waals surface area contributed by atoms with Crippen LogP contribution < -0.4 is 4.74 Å². The van der Waals surface area contributed by atoms with Gasteiger partial charge < -0.3 is 9.84 Å². The first-order chi connectivity index (χ1) is 10.1. The number of carboxylic acids is 1. The summed E-state index contributed by atoms with van der Waals surface area (Å²) in [6.45, 7) is 0.386. The third-order valence-electron chi connectivity index (χ3n) is 2.69. The molecule has 0 atom stereocenters. The molecule has 0 fully saturated rings. The van der Waals surface area contributed by atoms with Crippen LogP contribution in [0.2, 0.25) is 0 Å². The molecular weight excluding hydrogens is 273 g/mol. The van der Waals surface area contributed by atoms with E-state index in [0.29, 0.717) is 24.3 Å². The molecule has 1 heterocycles. The molecule has 0 radical (unpaired) electrons. The van der Waals surface area contributed by atoms with E-state index in [1.54, 1.807) is 18.5 Å². The van der Waals surface area contributed by atoms with E-state index in [1.165, 1.54) is 18.2 Å². The number of benzene rings is 1. The van der Waals surface area contributed by atoms with Crippen molar-refractivity contribution in [2.75, 3.05) is 6.61 Å². The van der Waals surface area contributed by atoms with E-state index in [4.69, 9.17) is 9.84 Å². The first-order valence-electron chi connectivity index (χ1n) is 6.37. The van der Waals surface area contributed by atoms with Crippen molar-refractivity contribution < 1.29 is 19.0 Å². The van der Waals surface area contributed by atoms with Crippen LogP contribution in [0.25, 0.3) is 6.08 Å². The summed E-state index contributed by atoms with van der Waals surface area (Å²) < 4.78 is 18.9. The maximum atomic E-state index is 13.4. The molecule has 1 aromatic carbocycles. The van der Waals surface area contributed by atoms with Crippen LogP contribution in [-0.2, 0) is 11.2 Å². The van der Waals surface area contributed by atoms with E-state index < -0.39 is 11.8 Å². The Morgan fingerprint density at radius 2 is 2.24 bits per heavy atom. The fourth-order valence-electron chi connectivity index (χ4n) is 1.76. The lowest BCUT2D eigenvalue weighted by Gasteiger charge is -2.07. The number of aliphatic carboxylic acids is 1. The summed E-state index contributed by atoms with van der Waals surface area (Å²) >= 11 is 0. The average molecular weight is 287 g/mol. The second-order valence-electron chi connectivity index (χ2n) is 4.35. The molecule has 0 bridgehead atoms. The molecular formula is C16H14FNO3. The highest BCUT2D eigenvalue weighted by Crippen LogP contribution is 2.18. The number of halogens is 1. The van der Waals surface area contributed by atoms with Crippen LogP contribution in [0.4, 0.5) is 4.39 Å². The molecule has 108 valence electrons. The molecule has 0 unspecified atom stereocenters. The summed E-state index contributed by atoms with van der Waals surface area (Å²) in [5, 5.41) is 8.56. The summed E-state index contributed by atoms with van der Waals surface area (Å²) in [5.41, 5.74) is 1.47. The Labute approximate surface area is 121 Å². The Bertz CT molecular complexity index is 641. The number of rotatable bonds is 6. The zero-order valence-electron chi connectivity index (χ0n) is 11.2. The number of hydrogen-bond donors (Lipinski definition) is 1. The van der Waals surface area contributed by atoms with Gasteiger partial charge in [0.25, 0.3) is 0 Å². The van der Waals surface area contributed by atoms with E-state index in [2.05, 4.69) is 4.98 Å². The van der Waals surface area contributed by atoms with Crippen LogP contribution in [0.15, 0.2) is 48.8 Å². The molecule has 0 aliphatic carbocycles. The second-order valence-corrected chi connectivity index (χ2v) is 4.35. The highest BCUT2D eigenvalue weighted by molar-refractivity contribution is 5.85. The van der Waals surface area contributed by atoms with Crippen molar-refractivity contribution in [3.8, 4) is 5.75 Å². The van der Waals surface area contributed by atoms with Crippen LogP contribution in [0.3, 0.4) is 0 Å². The molecule has 2 rings (SSSR count). The standard InChI is InChI=1S/C16H14FNO3/c17-14-8-13(3-4-16(19)20)9-15(10-14)21-7-5-12-2-1-6-18-11-12/h1-4,6,8-11H,5,7H2,(H,19,20)/b4-3+. The van der Waals surface area contributed by atoms with Crippen molar-refractivity contribution in [3.05, 3.63) is 65.7 Å².